The van der Waals surface area contributed by atoms with Gasteiger partial charge >= 0.3 is 5.97 Å². The van der Waals surface area contributed by atoms with Crippen LogP contribution in [0, 0.1) is 11.8 Å². The van der Waals surface area contributed by atoms with Crippen LogP contribution in [-0.4, -0.2) is 28.6 Å². The zero-order valence-electron chi connectivity index (χ0n) is 16.3. The van der Waals surface area contributed by atoms with Gasteiger partial charge in [-0.2, -0.15) is 0 Å². The Morgan fingerprint density at radius 3 is 2.48 bits per heavy atom. The van der Waals surface area contributed by atoms with E-state index >= 15 is 0 Å². The molecule has 2 unspecified atom stereocenters. The lowest BCUT2D eigenvalue weighted by Gasteiger charge is -2.24. The van der Waals surface area contributed by atoms with Crippen molar-refractivity contribution in [3.63, 3.8) is 0 Å². The summed E-state index contributed by atoms with van der Waals surface area (Å²) < 4.78 is 0. The van der Waals surface area contributed by atoms with Crippen LogP contribution in [0.4, 0.5) is 11.4 Å². The van der Waals surface area contributed by atoms with Crippen LogP contribution in [0.3, 0.4) is 0 Å². The monoisotopic (exact) mass is 478 g/mol. The molecule has 3 rings (SSSR count). The highest BCUT2D eigenvalue weighted by Crippen LogP contribution is 2.29. The average Bonchev–Trinajstić information content (AvgIpc) is 2.75. The summed E-state index contributed by atoms with van der Waals surface area (Å²) in [6.07, 6.45) is 4.36. The van der Waals surface area contributed by atoms with Crippen LogP contribution in [0.1, 0.15) is 12.8 Å². The number of aliphatic carboxylic acids is 1. The first-order valence-corrected chi connectivity index (χ1v) is 11.2. The molecular weight excluding hydrogens is 459 g/mol. The molecule has 6 nitrogen and oxygen atoms in total. The fraction of sp³-hybridized carbons (Fsp3) is 0.227. The zero-order chi connectivity index (χ0) is 22.4. The first kappa shape index (κ1) is 23.2. The minimum atomic E-state index is -0.973. The van der Waals surface area contributed by atoms with Crippen molar-refractivity contribution >= 4 is 64.1 Å². The Morgan fingerprint density at radius 2 is 1.74 bits per heavy atom. The molecule has 0 saturated heterocycles. The number of hydrogen-bond acceptors (Lipinski definition) is 4. The highest BCUT2D eigenvalue weighted by Gasteiger charge is 2.33. The summed E-state index contributed by atoms with van der Waals surface area (Å²) in [7, 11) is 0. The highest BCUT2D eigenvalue weighted by atomic mass is 35.5. The van der Waals surface area contributed by atoms with Gasteiger partial charge in [0, 0.05) is 15.6 Å². The number of nitrogens with one attached hydrogen (secondary N) is 2. The van der Waals surface area contributed by atoms with Gasteiger partial charge in [0.05, 0.1) is 28.3 Å². The topological polar surface area (TPSA) is 95.5 Å². The number of allylic oxidation sites excluding steroid dienone is 2. The minimum absolute atomic E-state index is 0.134. The van der Waals surface area contributed by atoms with E-state index in [0.717, 1.165) is 4.90 Å². The molecule has 0 bridgehead atoms. The largest absolute Gasteiger partial charge is 0.481 e. The Hall–Kier alpha value is -2.48. The van der Waals surface area contributed by atoms with E-state index < -0.39 is 17.8 Å². The maximum atomic E-state index is 12.6. The SMILES string of the molecule is O=C(CSc1cccc(NC(=O)C2CC=CCC2C(=O)O)c1)Nc1cc(Cl)ccc1Cl. The number of hydrogen-bond donors (Lipinski definition) is 3. The van der Waals surface area contributed by atoms with Crippen LogP contribution in [-0.2, 0) is 14.4 Å². The number of carbonyl (C=O) groups excluding carboxylic acids is 2. The second-order valence-electron chi connectivity index (χ2n) is 6.97. The molecule has 31 heavy (non-hydrogen) atoms. The molecule has 2 aromatic rings. The normalized spacial score (nSPS) is 17.7. The van der Waals surface area contributed by atoms with E-state index in [1.54, 1.807) is 42.5 Å². The number of carboxylic acids is 1. The minimum Gasteiger partial charge on any atom is -0.481 e. The molecular formula is C22H20Cl2N2O4S. The molecule has 2 amide bonds. The van der Waals surface area contributed by atoms with Crippen molar-refractivity contribution in [2.75, 3.05) is 16.4 Å². The molecule has 1 aliphatic carbocycles. The number of halogens is 2. The van der Waals surface area contributed by atoms with Crippen LogP contribution in [0.5, 0.6) is 0 Å². The third-order valence-corrected chi connectivity index (χ3v) is 6.32. The predicted molar refractivity (Wildman–Crippen MR) is 124 cm³/mol. The lowest BCUT2D eigenvalue weighted by Crippen LogP contribution is -2.34. The average molecular weight is 479 g/mol. The molecule has 2 atom stereocenters. The van der Waals surface area contributed by atoms with E-state index in [1.807, 2.05) is 12.1 Å². The van der Waals surface area contributed by atoms with Crippen LogP contribution in [0.15, 0.2) is 59.5 Å². The van der Waals surface area contributed by atoms with E-state index in [1.165, 1.54) is 11.8 Å². The van der Waals surface area contributed by atoms with Gasteiger partial charge in [0.15, 0.2) is 0 Å². The first-order valence-electron chi connectivity index (χ1n) is 9.50. The Labute approximate surface area is 194 Å². The third kappa shape index (κ3) is 6.50. The number of amides is 2. The van der Waals surface area contributed by atoms with Gasteiger partial charge in [0.1, 0.15) is 0 Å². The van der Waals surface area contributed by atoms with Gasteiger partial charge in [0.2, 0.25) is 11.8 Å². The molecule has 0 heterocycles. The molecule has 2 aromatic carbocycles. The zero-order valence-corrected chi connectivity index (χ0v) is 18.6. The fourth-order valence-corrected chi connectivity index (χ4v) is 4.30. The maximum absolute atomic E-state index is 12.6. The van der Waals surface area contributed by atoms with Crippen LogP contribution >= 0.6 is 35.0 Å². The van der Waals surface area contributed by atoms with Crippen molar-refractivity contribution in [2.24, 2.45) is 11.8 Å². The lowest BCUT2D eigenvalue weighted by atomic mass is 9.82. The number of carbonyl (C=O) groups is 3. The molecule has 3 N–H and O–H groups in total. The van der Waals surface area contributed by atoms with E-state index in [4.69, 9.17) is 23.2 Å². The van der Waals surface area contributed by atoms with Crippen molar-refractivity contribution in [1.82, 2.24) is 0 Å². The van der Waals surface area contributed by atoms with Gasteiger partial charge in [-0.3, -0.25) is 14.4 Å². The summed E-state index contributed by atoms with van der Waals surface area (Å²) >= 11 is 13.3. The molecule has 0 aromatic heterocycles. The Bertz CT molecular complexity index is 1030. The van der Waals surface area contributed by atoms with Crippen molar-refractivity contribution < 1.29 is 19.5 Å². The molecule has 0 aliphatic heterocycles. The summed E-state index contributed by atoms with van der Waals surface area (Å²) in [4.78, 5) is 37.1. The van der Waals surface area contributed by atoms with Gasteiger partial charge in [-0.05, 0) is 49.2 Å². The summed E-state index contributed by atoms with van der Waals surface area (Å²) in [5.41, 5.74) is 0.988. The van der Waals surface area contributed by atoms with E-state index in [0.29, 0.717) is 34.3 Å². The fourth-order valence-electron chi connectivity index (χ4n) is 3.20. The van der Waals surface area contributed by atoms with Crippen LogP contribution < -0.4 is 10.6 Å². The standard InChI is InChI=1S/C22H20Cl2N2O4S/c23-13-8-9-18(24)19(10-13)26-20(27)12-31-15-5-3-4-14(11-15)25-21(28)16-6-1-2-7-17(16)22(29)30/h1-5,8-11,16-17H,6-7,12H2,(H,25,28)(H,26,27)(H,29,30). The molecule has 1 aliphatic rings. The van der Waals surface area contributed by atoms with Gasteiger partial charge in [-0.1, -0.05) is 41.4 Å². The molecule has 0 radical (unpaired) electrons. The third-order valence-electron chi connectivity index (χ3n) is 4.76. The van der Waals surface area contributed by atoms with Crippen LogP contribution in [0.2, 0.25) is 10.0 Å². The van der Waals surface area contributed by atoms with Gasteiger partial charge < -0.3 is 15.7 Å². The number of rotatable bonds is 7. The van der Waals surface area contributed by atoms with E-state index in [-0.39, 0.29) is 17.6 Å². The number of carboxylic acid groups (broad SMARTS) is 1. The van der Waals surface area contributed by atoms with E-state index in [2.05, 4.69) is 10.6 Å². The van der Waals surface area contributed by atoms with Crippen LogP contribution in [0.25, 0.3) is 0 Å². The Morgan fingerprint density at radius 1 is 1.00 bits per heavy atom. The first-order chi connectivity index (χ1) is 14.8. The second kappa shape index (κ2) is 10.7. The van der Waals surface area contributed by atoms with Crippen molar-refractivity contribution in [3.8, 4) is 0 Å². The second-order valence-corrected chi connectivity index (χ2v) is 8.86. The molecule has 9 heteroatoms. The Kier molecular flexibility index (Phi) is 8.01. The number of anilines is 2. The number of benzene rings is 2. The van der Waals surface area contributed by atoms with Crippen molar-refractivity contribution in [3.05, 3.63) is 64.7 Å². The van der Waals surface area contributed by atoms with Crippen molar-refractivity contribution in [1.29, 1.82) is 0 Å². The maximum Gasteiger partial charge on any atom is 0.307 e. The molecule has 162 valence electrons. The van der Waals surface area contributed by atoms with Gasteiger partial charge in [-0.25, -0.2) is 0 Å². The Balaban J connectivity index is 1.58. The summed E-state index contributed by atoms with van der Waals surface area (Å²) in [6.45, 7) is 0. The lowest BCUT2D eigenvalue weighted by molar-refractivity contribution is -0.146. The molecule has 0 spiro atoms. The molecule has 0 fully saturated rings. The van der Waals surface area contributed by atoms with Crippen molar-refractivity contribution in [2.45, 2.75) is 17.7 Å². The van der Waals surface area contributed by atoms with E-state index in [9.17, 15) is 19.5 Å². The summed E-state index contributed by atoms with van der Waals surface area (Å²) in [6, 6.07) is 11.9. The molecule has 0 saturated carbocycles. The smallest absolute Gasteiger partial charge is 0.307 e. The summed E-state index contributed by atoms with van der Waals surface area (Å²) in [5, 5.41) is 15.7. The highest BCUT2D eigenvalue weighted by molar-refractivity contribution is 8.00. The number of thioether (sulfide) groups is 1. The van der Waals surface area contributed by atoms with Gasteiger partial charge in [-0.15, -0.1) is 11.8 Å². The summed E-state index contributed by atoms with van der Waals surface area (Å²) in [5.74, 6) is -2.76. The predicted octanol–water partition coefficient (Wildman–Crippen LogP) is 5.33. The van der Waals surface area contributed by atoms with Gasteiger partial charge in [0.25, 0.3) is 0 Å². The quantitative estimate of drug-likeness (QED) is 0.369.